The fraction of sp³-hybridized carbons (Fsp3) is 0.0500. The molecule has 0 aliphatic carbocycles. The second-order valence-electron chi connectivity index (χ2n) is 5.89. The van der Waals surface area contributed by atoms with Crippen LogP contribution in [0.1, 0.15) is 16.3 Å². The fourth-order valence-electron chi connectivity index (χ4n) is 2.81. The molecule has 0 aliphatic rings. The third-order valence-corrected chi connectivity index (χ3v) is 4.50. The molecule has 0 saturated heterocycles. The van der Waals surface area contributed by atoms with Crippen molar-refractivity contribution in [1.82, 2.24) is 19.1 Å². The van der Waals surface area contributed by atoms with E-state index >= 15 is 0 Å². The molecule has 5 nitrogen and oxygen atoms in total. The van der Waals surface area contributed by atoms with Crippen molar-refractivity contribution in [3.8, 4) is 16.8 Å². The van der Waals surface area contributed by atoms with E-state index in [1.54, 1.807) is 36.5 Å². The Morgan fingerprint density at radius 1 is 1.08 bits per heavy atom. The van der Waals surface area contributed by atoms with E-state index in [0.717, 1.165) is 16.8 Å². The summed E-state index contributed by atoms with van der Waals surface area (Å²) in [5, 5.41) is 0.695. The predicted molar refractivity (Wildman–Crippen MR) is 101 cm³/mol. The van der Waals surface area contributed by atoms with Crippen LogP contribution in [0.5, 0.6) is 0 Å². The highest BCUT2D eigenvalue weighted by Crippen LogP contribution is 2.28. The lowest BCUT2D eigenvalue weighted by molar-refractivity contribution is 0.102. The molecule has 128 valence electrons. The molecule has 0 amide bonds. The molecule has 4 aromatic rings. The van der Waals surface area contributed by atoms with Crippen LogP contribution in [0.4, 0.5) is 0 Å². The zero-order valence-electron chi connectivity index (χ0n) is 14.0. The maximum Gasteiger partial charge on any atom is 0.248 e. The van der Waals surface area contributed by atoms with E-state index in [0.29, 0.717) is 16.5 Å². The Hall–Kier alpha value is -3.18. The first-order valence-corrected chi connectivity index (χ1v) is 8.42. The lowest BCUT2D eigenvalue weighted by Crippen LogP contribution is -2.08. The molecule has 0 saturated carbocycles. The van der Waals surface area contributed by atoms with Crippen molar-refractivity contribution in [2.75, 3.05) is 0 Å². The van der Waals surface area contributed by atoms with E-state index in [4.69, 9.17) is 11.6 Å². The van der Waals surface area contributed by atoms with E-state index in [9.17, 15) is 4.79 Å². The van der Waals surface area contributed by atoms with Crippen molar-refractivity contribution in [2.45, 2.75) is 0 Å². The van der Waals surface area contributed by atoms with Crippen LogP contribution in [0.25, 0.3) is 16.8 Å². The van der Waals surface area contributed by atoms with Crippen LogP contribution < -0.4 is 0 Å². The van der Waals surface area contributed by atoms with Crippen LogP contribution in [0, 0.1) is 0 Å². The monoisotopic (exact) mass is 362 g/mol. The van der Waals surface area contributed by atoms with Crippen molar-refractivity contribution < 1.29 is 4.79 Å². The quantitative estimate of drug-likeness (QED) is 0.512. The number of benzene rings is 2. The second-order valence-corrected chi connectivity index (χ2v) is 6.29. The molecule has 26 heavy (non-hydrogen) atoms. The number of aryl methyl sites for hydroxylation is 1. The Kier molecular flexibility index (Phi) is 4.14. The summed E-state index contributed by atoms with van der Waals surface area (Å²) in [4.78, 5) is 20.9. The third-order valence-electron chi connectivity index (χ3n) is 4.17. The average molecular weight is 363 g/mol. The fourth-order valence-corrected chi connectivity index (χ4v) is 3.05. The Balaban J connectivity index is 1.68. The van der Waals surface area contributed by atoms with Crippen molar-refractivity contribution >= 4 is 17.4 Å². The van der Waals surface area contributed by atoms with Gasteiger partial charge in [0.15, 0.2) is 5.82 Å². The first-order chi connectivity index (χ1) is 12.6. The van der Waals surface area contributed by atoms with E-state index in [1.807, 2.05) is 53.1 Å². The van der Waals surface area contributed by atoms with Crippen LogP contribution in [0.2, 0.25) is 5.02 Å². The highest BCUT2D eigenvalue weighted by molar-refractivity contribution is 6.33. The molecule has 0 aliphatic heterocycles. The zero-order valence-corrected chi connectivity index (χ0v) is 14.8. The van der Waals surface area contributed by atoms with Crippen molar-refractivity contribution in [1.29, 1.82) is 0 Å². The number of ketones is 1. The van der Waals surface area contributed by atoms with Gasteiger partial charge in [-0.05, 0) is 23.8 Å². The van der Waals surface area contributed by atoms with E-state index < -0.39 is 0 Å². The molecule has 2 aromatic carbocycles. The topological polar surface area (TPSA) is 52.7 Å². The number of rotatable bonds is 4. The number of nitrogens with zero attached hydrogens (tertiary/aromatic N) is 4. The summed E-state index contributed by atoms with van der Waals surface area (Å²) in [5.74, 6) is 0.151. The molecule has 0 unspecified atom stereocenters. The molecule has 0 fully saturated rings. The number of carbonyl (C=O) groups excluding carboxylic acids is 1. The van der Waals surface area contributed by atoms with Gasteiger partial charge in [0.25, 0.3) is 0 Å². The van der Waals surface area contributed by atoms with Gasteiger partial charge in [0.05, 0.1) is 0 Å². The van der Waals surface area contributed by atoms with Gasteiger partial charge in [0.1, 0.15) is 12.0 Å². The number of halogens is 1. The van der Waals surface area contributed by atoms with Crippen LogP contribution in [-0.2, 0) is 7.05 Å². The molecule has 0 bridgehead atoms. The lowest BCUT2D eigenvalue weighted by Gasteiger charge is -2.07. The first-order valence-electron chi connectivity index (χ1n) is 8.05. The normalized spacial score (nSPS) is 10.8. The van der Waals surface area contributed by atoms with E-state index in [2.05, 4.69) is 9.97 Å². The summed E-state index contributed by atoms with van der Waals surface area (Å²) in [6.45, 7) is 0. The molecule has 4 rings (SSSR count). The predicted octanol–water partition coefficient (Wildman–Crippen LogP) is 4.16. The Morgan fingerprint density at radius 2 is 1.92 bits per heavy atom. The minimum absolute atomic E-state index is 0.210. The minimum Gasteiger partial charge on any atom is -0.331 e. The van der Waals surface area contributed by atoms with Gasteiger partial charge in [0.2, 0.25) is 5.78 Å². The smallest absolute Gasteiger partial charge is 0.248 e. The molecule has 0 atom stereocenters. The number of hydrogen-bond donors (Lipinski definition) is 0. The number of carbonyl (C=O) groups is 1. The SMILES string of the molecule is Cn1ccnc1C(=O)c1cn(-c2cccc(-c3ccccc3Cl)c2)cn1. The molecule has 0 radical (unpaired) electrons. The van der Waals surface area contributed by atoms with Crippen molar-refractivity contribution in [3.05, 3.63) is 90.0 Å². The van der Waals surface area contributed by atoms with Gasteiger partial charge in [-0.2, -0.15) is 0 Å². The summed E-state index contributed by atoms with van der Waals surface area (Å²) >= 11 is 6.30. The summed E-state index contributed by atoms with van der Waals surface area (Å²) in [6, 6.07) is 15.6. The van der Waals surface area contributed by atoms with E-state index in [1.165, 1.54) is 0 Å². The van der Waals surface area contributed by atoms with Gasteiger partial charge in [-0.25, -0.2) is 9.97 Å². The second kappa shape index (κ2) is 6.61. The highest BCUT2D eigenvalue weighted by Gasteiger charge is 2.17. The van der Waals surface area contributed by atoms with Crippen LogP contribution in [-0.4, -0.2) is 24.9 Å². The van der Waals surface area contributed by atoms with Gasteiger partial charge in [-0.15, -0.1) is 0 Å². The summed E-state index contributed by atoms with van der Waals surface area (Å²) in [7, 11) is 1.78. The summed E-state index contributed by atoms with van der Waals surface area (Å²) in [6.07, 6.45) is 6.67. The molecule has 2 heterocycles. The maximum absolute atomic E-state index is 12.5. The third kappa shape index (κ3) is 2.93. The number of hydrogen-bond acceptors (Lipinski definition) is 3. The Labute approximate surface area is 155 Å². The minimum atomic E-state index is -0.210. The number of aromatic nitrogens is 4. The van der Waals surface area contributed by atoms with Crippen LogP contribution in [0.15, 0.2) is 73.4 Å². The summed E-state index contributed by atoms with van der Waals surface area (Å²) in [5.41, 5.74) is 3.20. The first kappa shape index (κ1) is 16.3. The van der Waals surface area contributed by atoms with Crippen molar-refractivity contribution in [2.24, 2.45) is 7.05 Å². The molecule has 2 aromatic heterocycles. The summed E-state index contributed by atoms with van der Waals surface area (Å²) < 4.78 is 3.50. The molecule has 0 spiro atoms. The average Bonchev–Trinajstić information content (AvgIpc) is 3.31. The largest absolute Gasteiger partial charge is 0.331 e. The van der Waals surface area contributed by atoms with Crippen LogP contribution >= 0.6 is 11.6 Å². The highest BCUT2D eigenvalue weighted by atomic mass is 35.5. The van der Waals surface area contributed by atoms with Gasteiger partial charge in [0, 0.05) is 41.9 Å². The van der Waals surface area contributed by atoms with E-state index in [-0.39, 0.29) is 5.78 Å². The van der Waals surface area contributed by atoms with Gasteiger partial charge >= 0.3 is 0 Å². The van der Waals surface area contributed by atoms with Gasteiger partial charge < -0.3 is 9.13 Å². The Morgan fingerprint density at radius 3 is 2.69 bits per heavy atom. The number of imidazole rings is 2. The van der Waals surface area contributed by atoms with Gasteiger partial charge in [-0.3, -0.25) is 4.79 Å². The van der Waals surface area contributed by atoms with Crippen molar-refractivity contribution in [3.63, 3.8) is 0 Å². The Bertz CT molecular complexity index is 1100. The standard InChI is InChI=1S/C20H15ClN4O/c1-24-10-9-22-20(24)19(26)18-12-25(13-23-18)15-6-4-5-14(11-15)16-7-2-3-8-17(16)21/h2-13H,1H3. The van der Waals surface area contributed by atoms with Gasteiger partial charge in [-0.1, -0.05) is 41.9 Å². The molecule has 6 heteroatoms. The van der Waals surface area contributed by atoms with Crippen LogP contribution in [0.3, 0.4) is 0 Å². The zero-order chi connectivity index (χ0) is 18.1. The maximum atomic E-state index is 12.5. The lowest BCUT2D eigenvalue weighted by atomic mass is 10.1. The molecule has 0 N–H and O–H groups in total. The molecular formula is C20H15ClN4O. The molecular weight excluding hydrogens is 348 g/mol.